The molecule has 0 radical (unpaired) electrons. The highest BCUT2D eigenvalue weighted by molar-refractivity contribution is 8.03. The van der Waals surface area contributed by atoms with Gasteiger partial charge >= 0.3 is 0 Å². The van der Waals surface area contributed by atoms with Gasteiger partial charge in [0.2, 0.25) is 5.91 Å². The number of rotatable bonds is 5. The SMILES string of the molecule is CCO[C@H]1C[C@H](c2ccccc2)C=C(N(CC)C(C)=O)S1. The molecule has 2 atom stereocenters. The van der Waals surface area contributed by atoms with Crippen LogP contribution in [-0.2, 0) is 9.53 Å². The smallest absolute Gasteiger partial charge is 0.224 e. The molecule has 114 valence electrons. The molecule has 0 aromatic heterocycles. The van der Waals surface area contributed by atoms with Gasteiger partial charge in [0.15, 0.2) is 0 Å². The summed E-state index contributed by atoms with van der Waals surface area (Å²) >= 11 is 1.66. The molecule has 21 heavy (non-hydrogen) atoms. The highest BCUT2D eigenvalue weighted by atomic mass is 32.2. The van der Waals surface area contributed by atoms with Crippen LogP contribution in [0.1, 0.15) is 38.7 Å². The molecule has 1 heterocycles. The number of thioether (sulfide) groups is 1. The van der Waals surface area contributed by atoms with Crippen LogP contribution in [0, 0.1) is 0 Å². The third-order valence-electron chi connectivity index (χ3n) is 3.58. The standard InChI is InChI=1S/C17H23NO2S/c1-4-18(13(3)19)16-11-15(12-17(21-16)20-5-2)14-9-7-6-8-10-14/h6-11,15,17H,4-5,12H2,1-3H3/t15-,17-/m1/s1. The van der Waals surface area contributed by atoms with Gasteiger partial charge in [0.1, 0.15) is 5.44 Å². The number of hydrogen-bond donors (Lipinski definition) is 0. The topological polar surface area (TPSA) is 29.5 Å². The minimum atomic E-state index is 0.0835. The van der Waals surface area contributed by atoms with Gasteiger partial charge in [0.05, 0.1) is 5.03 Å². The summed E-state index contributed by atoms with van der Waals surface area (Å²) in [5, 5.41) is 1.02. The van der Waals surface area contributed by atoms with Crippen LogP contribution >= 0.6 is 11.8 Å². The van der Waals surface area contributed by atoms with E-state index >= 15 is 0 Å². The summed E-state index contributed by atoms with van der Waals surface area (Å²) in [4.78, 5) is 13.6. The first-order chi connectivity index (χ1) is 10.2. The van der Waals surface area contributed by atoms with Gasteiger partial charge < -0.3 is 9.64 Å². The average molecular weight is 305 g/mol. The van der Waals surface area contributed by atoms with Crippen LogP contribution in [-0.4, -0.2) is 29.4 Å². The Kier molecular flexibility index (Phi) is 5.88. The Hall–Kier alpha value is -1.26. The van der Waals surface area contributed by atoms with E-state index in [0.717, 1.165) is 11.4 Å². The predicted octanol–water partition coefficient (Wildman–Crippen LogP) is 3.98. The molecule has 0 N–H and O–H groups in total. The van der Waals surface area contributed by atoms with E-state index in [0.29, 0.717) is 19.1 Å². The second-order valence-electron chi connectivity index (χ2n) is 5.02. The summed E-state index contributed by atoms with van der Waals surface area (Å²) in [5.74, 6) is 0.382. The summed E-state index contributed by atoms with van der Waals surface area (Å²) in [5.41, 5.74) is 1.38. The first kappa shape index (κ1) is 16.1. The number of benzene rings is 1. The van der Waals surface area contributed by atoms with E-state index in [1.54, 1.807) is 18.7 Å². The van der Waals surface area contributed by atoms with E-state index in [4.69, 9.17) is 4.74 Å². The molecule has 2 rings (SSSR count). The number of nitrogens with zero attached hydrogens (tertiary/aromatic N) is 1. The molecular formula is C17H23NO2S. The minimum absolute atomic E-state index is 0.0835. The maximum atomic E-state index is 11.8. The van der Waals surface area contributed by atoms with Gasteiger partial charge in [0.25, 0.3) is 0 Å². The zero-order valence-corrected chi connectivity index (χ0v) is 13.7. The normalized spacial score (nSPS) is 21.8. The number of allylic oxidation sites excluding steroid dienone is 1. The van der Waals surface area contributed by atoms with E-state index in [2.05, 4.69) is 30.3 Å². The van der Waals surface area contributed by atoms with Crippen LogP contribution in [0.5, 0.6) is 0 Å². The second-order valence-corrected chi connectivity index (χ2v) is 6.20. The zero-order chi connectivity index (χ0) is 15.2. The maximum absolute atomic E-state index is 11.8. The molecular weight excluding hydrogens is 282 g/mol. The van der Waals surface area contributed by atoms with Crippen molar-refractivity contribution in [2.24, 2.45) is 0 Å². The molecule has 0 fully saturated rings. The van der Waals surface area contributed by atoms with Crippen molar-refractivity contribution in [3.63, 3.8) is 0 Å². The molecule has 0 unspecified atom stereocenters. The van der Waals surface area contributed by atoms with Gasteiger partial charge in [-0.25, -0.2) is 0 Å². The first-order valence-corrected chi connectivity index (χ1v) is 8.36. The number of carbonyl (C=O) groups excluding carboxylic acids is 1. The third-order valence-corrected chi connectivity index (χ3v) is 4.77. The molecule has 0 saturated heterocycles. The van der Waals surface area contributed by atoms with E-state index in [1.165, 1.54) is 5.56 Å². The Balaban J connectivity index is 2.29. The van der Waals surface area contributed by atoms with Crippen LogP contribution in [0.2, 0.25) is 0 Å². The monoisotopic (exact) mass is 305 g/mol. The van der Waals surface area contributed by atoms with Crippen molar-refractivity contribution >= 4 is 17.7 Å². The molecule has 0 saturated carbocycles. The van der Waals surface area contributed by atoms with E-state index in [-0.39, 0.29) is 11.3 Å². The lowest BCUT2D eigenvalue weighted by molar-refractivity contribution is -0.126. The summed E-state index contributed by atoms with van der Waals surface area (Å²) in [6, 6.07) is 10.4. The van der Waals surface area contributed by atoms with Gasteiger partial charge in [-0.3, -0.25) is 4.79 Å². The van der Waals surface area contributed by atoms with Gasteiger partial charge in [-0.05, 0) is 31.9 Å². The molecule has 1 aromatic carbocycles. The Morgan fingerprint density at radius 3 is 2.62 bits per heavy atom. The third kappa shape index (κ3) is 4.11. The van der Waals surface area contributed by atoms with Gasteiger partial charge in [0, 0.05) is 26.0 Å². The Labute approximate surface area is 131 Å². The van der Waals surface area contributed by atoms with Crippen molar-refractivity contribution in [1.29, 1.82) is 0 Å². The molecule has 1 aliphatic heterocycles. The summed E-state index contributed by atoms with van der Waals surface area (Å²) < 4.78 is 5.82. The average Bonchev–Trinajstić information content (AvgIpc) is 2.48. The van der Waals surface area contributed by atoms with E-state index in [9.17, 15) is 4.79 Å². The van der Waals surface area contributed by atoms with Crippen LogP contribution in [0.4, 0.5) is 0 Å². The second kappa shape index (κ2) is 7.66. The Bertz CT molecular complexity index is 501. The zero-order valence-electron chi connectivity index (χ0n) is 12.9. The van der Waals surface area contributed by atoms with Crippen LogP contribution in [0.25, 0.3) is 0 Å². The molecule has 1 aromatic rings. The fourth-order valence-corrected chi connectivity index (χ4v) is 3.98. The minimum Gasteiger partial charge on any atom is -0.367 e. The lowest BCUT2D eigenvalue weighted by atomic mass is 9.95. The van der Waals surface area contributed by atoms with Crippen molar-refractivity contribution in [1.82, 2.24) is 4.90 Å². The number of amides is 1. The fraction of sp³-hybridized carbons (Fsp3) is 0.471. The van der Waals surface area contributed by atoms with Crippen LogP contribution in [0.3, 0.4) is 0 Å². The molecule has 0 spiro atoms. The largest absolute Gasteiger partial charge is 0.367 e. The predicted molar refractivity (Wildman–Crippen MR) is 87.9 cm³/mol. The number of carbonyl (C=O) groups is 1. The van der Waals surface area contributed by atoms with Crippen LogP contribution < -0.4 is 0 Å². The number of hydrogen-bond acceptors (Lipinski definition) is 3. The highest BCUT2D eigenvalue weighted by Gasteiger charge is 2.28. The van der Waals surface area contributed by atoms with Crippen molar-refractivity contribution in [2.45, 2.75) is 38.5 Å². The lowest BCUT2D eigenvalue weighted by Crippen LogP contribution is -2.30. The molecule has 4 heteroatoms. The summed E-state index contributed by atoms with van der Waals surface area (Å²) in [6.45, 7) is 7.02. The van der Waals surface area contributed by atoms with Gasteiger partial charge in [-0.15, -0.1) is 0 Å². The van der Waals surface area contributed by atoms with Gasteiger partial charge in [-0.1, -0.05) is 42.1 Å². The summed E-state index contributed by atoms with van der Waals surface area (Å²) in [7, 11) is 0. The van der Waals surface area contributed by atoms with Crippen molar-refractivity contribution in [2.75, 3.05) is 13.2 Å². The number of ether oxygens (including phenoxy) is 1. The first-order valence-electron chi connectivity index (χ1n) is 7.48. The fourth-order valence-electron chi connectivity index (χ4n) is 2.58. The van der Waals surface area contributed by atoms with Crippen molar-refractivity contribution < 1.29 is 9.53 Å². The molecule has 0 bridgehead atoms. The molecule has 1 amide bonds. The maximum Gasteiger partial charge on any atom is 0.224 e. The Morgan fingerprint density at radius 1 is 1.33 bits per heavy atom. The lowest BCUT2D eigenvalue weighted by Gasteiger charge is -2.32. The quantitative estimate of drug-likeness (QED) is 0.824. The van der Waals surface area contributed by atoms with Crippen LogP contribution in [0.15, 0.2) is 41.4 Å². The van der Waals surface area contributed by atoms with Crippen molar-refractivity contribution in [3.8, 4) is 0 Å². The molecule has 0 aliphatic carbocycles. The van der Waals surface area contributed by atoms with E-state index in [1.807, 2.05) is 24.8 Å². The molecule has 1 aliphatic rings. The highest BCUT2D eigenvalue weighted by Crippen LogP contribution is 2.40. The van der Waals surface area contributed by atoms with E-state index < -0.39 is 0 Å². The van der Waals surface area contributed by atoms with Gasteiger partial charge in [-0.2, -0.15) is 0 Å². The molecule has 3 nitrogen and oxygen atoms in total. The Morgan fingerprint density at radius 2 is 2.05 bits per heavy atom. The van der Waals surface area contributed by atoms with Crippen molar-refractivity contribution in [3.05, 3.63) is 47.0 Å². The summed E-state index contributed by atoms with van der Waals surface area (Å²) in [6.07, 6.45) is 3.15.